The molecule has 0 amide bonds. The minimum absolute atomic E-state index is 0.0885. The van der Waals surface area contributed by atoms with Gasteiger partial charge in [0.1, 0.15) is 30.3 Å². The Morgan fingerprint density at radius 2 is 1.76 bits per heavy atom. The van der Waals surface area contributed by atoms with Gasteiger partial charge in [-0.15, -0.1) is 0 Å². The Morgan fingerprint density at radius 1 is 1.15 bits per heavy atom. The highest BCUT2D eigenvalue weighted by Gasteiger charge is 2.51. The molecule has 41 heavy (non-hydrogen) atoms. The second-order valence-electron chi connectivity index (χ2n) is 13.1. The summed E-state index contributed by atoms with van der Waals surface area (Å²) in [5.41, 5.74) is -2.65. The molecule has 2 aliphatic rings. The van der Waals surface area contributed by atoms with Crippen molar-refractivity contribution >= 4 is 11.8 Å². The number of methoxy groups -OCH3 is 1. The average molecular weight is 591 g/mol. The quantitative estimate of drug-likeness (QED) is 0.233. The second-order valence-corrected chi connectivity index (χ2v) is 13.1. The van der Waals surface area contributed by atoms with E-state index in [0.717, 1.165) is 0 Å². The molecule has 0 radical (unpaired) electrons. The van der Waals surface area contributed by atoms with Gasteiger partial charge >= 0.3 is 5.97 Å². The topological polar surface area (TPSA) is 158 Å². The molecule has 2 aliphatic heterocycles. The molecule has 11 atom stereocenters. The molecule has 0 aromatic carbocycles. The van der Waals surface area contributed by atoms with E-state index in [0.29, 0.717) is 19.4 Å². The van der Waals surface area contributed by atoms with Crippen molar-refractivity contribution in [2.45, 2.75) is 109 Å². The largest absolute Gasteiger partial charge is 0.463 e. The minimum Gasteiger partial charge on any atom is -0.463 e. The van der Waals surface area contributed by atoms with Crippen molar-refractivity contribution in [2.75, 3.05) is 48.0 Å². The van der Waals surface area contributed by atoms with Crippen LogP contribution in [0.3, 0.4) is 0 Å². The molecule has 0 saturated carbocycles. The third kappa shape index (κ3) is 8.24. The van der Waals surface area contributed by atoms with Crippen LogP contribution < -0.4 is 0 Å². The first-order chi connectivity index (χ1) is 18.9. The molecule has 12 heteroatoms. The van der Waals surface area contributed by atoms with E-state index in [1.165, 1.54) is 21.0 Å². The van der Waals surface area contributed by atoms with Gasteiger partial charge in [0.15, 0.2) is 12.1 Å². The van der Waals surface area contributed by atoms with E-state index in [-0.39, 0.29) is 24.7 Å². The van der Waals surface area contributed by atoms with E-state index in [9.17, 15) is 30.0 Å². The molecule has 2 fully saturated rings. The molecule has 0 spiro atoms. The SMILES string of the molecule is CO[C@]1(C)C[C@@H](C)CN(C)[C@@H]([C@H](O)[C@@H](O)CO)COC(=O)C(C)(C)C(=O)[C@H](C)[C@H]1O[C@@H]1O[C@H](C)C[C@H](N(C)C)[C@H]1O. The molecule has 2 saturated heterocycles. The van der Waals surface area contributed by atoms with E-state index >= 15 is 0 Å². The number of ketones is 1. The maximum absolute atomic E-state index is 14.0. The fourth-order valence-corrected chi connectivity index (χ4v) is 6.29. The first-order valence-electron chi connectivity index (χ1n) is 14.5. The Morgan fingerprint density at radius 3 is 2.29 bits per heavy atom. The fourth-order valence-electron chi connectivity index (χ4n) is 6.29. The van der Waals surface area contributed by atoms with Gasteiger partial charge in [0.25, 0.3) is 0 Å². The molecule has 0 aliphatic carbocycles. The maximum atomic E-state index is 14.0. The van der Waals surface area contributed by atoms with Crippen LogP contribution in [0, 0.1) is 17.3 Å². The molecule has 0 unspecified atom stereocenters. The lowest BCUT2D eigenvalue weighted by Crippen LogP contribution is -2.59. The lowest BCUT2D eigenvalue weighted by molar-refractivity contribution is -0.295. The van der Waals surface area contributed by atoms with E-state index in [4.69, 9.17) is 18.9 Å². The number of carbonyl (C=O) groups excluding carboxylic acids is 2. The molecular weight excluding hydrogens is 536 g/mol. The fraction of sp³-hybridized carbons (Fsp3) is 0.931. The van der Waals surface area contributed by atoms with Gasteiger partial charge in [0.05, 0.1) is 30.5 Å². The van der Waals surface area contributed by atoms with Crippen molar-refractivity contribution in [1.82, 2.24) is 9.80 Å². The number of rotatable bonds is 7. The monoisotopic (exact) mass is 590 g/mol. The Kier molecular flexibility index (Phi) is 12.7. The van der Waals surface area contributed by atoms with Crippen molar-refractivity contribution in [3.8, 4) is 0 Å². The summed E-state index contributed by atoms with van der Waals surface area (Å²) in [6.45, 7) is 9.80. The standard InChI is InChI=1S/C29H54N2O10/c1-16-12-29(6,38-10)25(41-26-23(35)19(30(7)8)11-17(2)40-26)18(3)24(36)28(4,5)27(37)39-15-20(31(9)13-16)22(34)21(33)14-32/h16-23,25-26,32-35H,11-15H2,1-10H3/t16-,17-,18+,19+,20-,21+,22+,23-,25-,26+,29-/m1/s1. The van der Waals surface area contributed by atoms with Crippen LogP contribution in [-0.4, -0.2) is 144 Å². The van der Waals surface area contributed by atoms with Gasteiger partial charge in [0, 0.05) is 25.6 Å². The predicted molar refractivity (Wildman–Crippen MR) is 151 cm³/mol. The zero-order valence-electron chi connectivity index (χ0n) is 26.4. The smallest absolute Gasteiger partial charge is 0.319 e. The highest BCUT2D eigenvalue weighted by molar-refractivity contribution is 6.04. The van der Waals surface area contributed by atoms with Crippen LogP contribution in [0.1, 0.15) is 54.4 Å². The average Bonchev–Trinajstić information content (AvgIpc) is 2.90. The van der Waals surface area contributed by atoms with Gasteiger partial charge in [-0.1, -0.05) is 13.8 Å². The van der Waals surface area contributed by atoms with Gasteiger partial charge < -0.3 is 44.3 Å². The van der Waals surface area contributed by atoms with E-state index in [2.05, 4.69) is 0 Å². The summed E-state index contributed by atoms with van der Waals surface area (Å²) < 4.78 is 24.2. The summed E-state index contributed by atoms with van der Waals surface area (Å²) in [4.78, 5) is 31.0. The third-order valence-corrected chi connectivity index (χ3v) is 8.90. The van der Waals surface area contributed by atoms with Crippen molar-refractivity contribution in [2.24, 2.45) is 17.3 Å². The highest BCUT2D eigenvalue weighted by Crippen LogP contribution is 2.38. The maximum Gasteiger partial charge on any atom is 0.319 e. The summed E-state index contributed by atoms with van der Waals surface area (Å²) in [5, 5.41) is 41.5. The van der Waals surface area contributed by atoms with Crippen LogP contribution in [0.5, 0.6) is 0 Å². The van der Waals surface area contributed by atoms with Gasteiger partial charge in [0.2, 0.25) is 0 Å². The number of Topliss-reactive ketones (excluding diaryl/α,β-unsaturated/α-hetero) is 1. The third-order valence-electron chi connectivity index (χ3n) is 8.90. The van der Waals surface area contributed by atoms with Crippen molar-refractivity contribution in [3.05, 3.63) is 0 Å². The summed E-state index contributed by atoms with van der Waals surface area (Å²) in [6.07, 6.45) is -4.98. The Bertz CT molecular complexity index is 873. The van der Waals surface area contributed by atoms with Crippen LogP contribution in [0.2, 0.25) is 0 Å². The first-order valence-corrected chi connectivity index (χ1v) is 14.5. The van der Waals surface area contributed by atoms with Gasteiger partial charge in [-0.25, -0.2) is 0 Å². The molecule has 0 aromatic heterocycles. The van der Waals surface area contributed by atoms with E-state index in [1.807, 2.05) is 39.8 Å². The number of hydrogen-bond acceptors (Lipinski definition) is 12. The van der Waals surface area contributed by atoms with Crippen LogP contribution in [0.4, 0.5) is 0 Å². The molecular formula is C29H54N2O10. The number of cyclic esters (lactones) is 1. The van der Waals surface area contributed by atoms with Crippen LogP contribution >= 0.6 is 0 Å². The number of aliphatic hydroxyl groups excluding tert-OH is 4. The molecule has 12 nitrogen and oxygen atoms in total. The zero-order valence-corrected chi connectivity index (χ0v) is 26.4. The van der Waals surface area contributed by atoms with Gasteiger partial charge in [-0.05, 0) is 67.6 Å². The molecule has 0 bridgehead atoms. The Labute approximate surface area is 244 Å². The summed E-state index contributed by atoms with van der Waals surface area (Å²) in [6, 6.07) is -1.07. The van der Waals surface area contributed by atoms with Crippen LogP contribution in [0.15, 0.2) is 0 Å². The number of carbonyl (C=O) groups is 2. The zero-order chi connectivity index (χ0) is 31.4. The number of esters is 1. The number of aliphatic hydroxyl groups is 4. The normalized spacial score (nSPS) is 39.8. The number of likely N-dealkylation sites (N-methyl/N-ethyl adjacent to an activating group) is 2. The number of nitrogens with zero attached hydrogens (tertiary/aromatic N) is 2. The summed E-state index contributed by atoms with van der Waals surface area (Å²) in [5.74, 6) is -2.18. The molecule has 0 aromatic rings. The van der Waals surface area contributed by atoms with E-state index in [1.54, 1.807) is 18.9 Å². The minimum atomic E-state index is -1.59. The molecule has 4 N–H and O–H groups in total. The molecule has 2 heterocycles. The first kappa shape index (κ1) is 36.0. The van der Waals surface area contributed by atoms with Crippen LogP contribution in [0.25, 0.3) is 0 Å². The predicted octanol–water partition coefficient (Wildman–Crippen LogP) is 0.0316. The molecule has 240 valence electrons. The highest BCUT2D eigenvalue weighted by atomic mass is 16.7. The van der Waals surface area contributed by atoms with Crippen LogP contribution in [-0.2, 0) is 28.5 Å². The Balaban J connectivity index is 2.55. The van der Waals surface area contributed by atoms with Crippen molar-refractivity contribution in [3.63, 3.8) is 0 Å². The van der Waals surface area contributed by atoms with E-state index < -0.39 is 72.0 Å². The second kappa shape index (κ2) is 14.5. The number of hydrogen-bond donors (Lipinski definition) is 4. The lowest BCUT2D eigenvalue weighted by Gasteiger charge is -2.47. The summed E-state index contributed by atoms with van der Waals surface area (Å²) >= 11 is 0. The number of ether oxygens (including phenoxy) is 4. The molecule has 2 rings (SSSR count). The Hall–Kier alpha value is -1.22. The lowest BCUT2D eigenvalue weighted by atomic mass is 9.74. The van der Waals surface area contributed by atoms with Gasteiger partial charge in [-0.2, -0.15) is 0 Å². The van der Waals surface area contributed by atoms with Gasteiger partial charge in [-0.3, -0.25) is 14.5 Å². The summed E-state index contributed by atoms with van der Waals surface area (Å²) in [7, 11) is 7.02. The van der Waals surface area contributed by atoms with Crippen molar-refractivity contribution < 1.29 is 49.0 Å². The van der Waals surface area contributed by atoms with Crippen molar-refractivity contribution in [1.29, 1.82) is 0 Å².